The van der Waals surface area contributed by atoms with Crippen LogP contribution in [0.15, 0.2) is 54.6 Å². The van der Waals surface area contributed by atoms with E-state index in [-0.39, 0.29) is 5.91 Å². The van der Waals surface area contributed by atoms with Crippen molar-refractivity contribution in [3.05, 3.63) is 66.0 Å². The van der Waals surface area contributed by atoms with Gasteiger partial charge < -0.3 is 9.88 Å². The minimum absolute atomic E-state index is 0.0715. The van der Waals surface area contributed by atoms with E-state index in [4.69, 9.17) is 4.98 Å². The van der Waals surface area contributed by atoms with Gasteiger partial charge in [0.15, 0.2) is 0 Å². The van der Waals surface area contributed by atoms with Gasteiger partial charge in [-0.2, -0.15) is 0 Å². The average molecular weight is 321 g/mol. The molecule has 0 aliphatic rings. The fraction of sp³-hybridized carbons (Fsp3) is 0.300. The van der Waals surface area contributed by atoms with Crippen LogP contribution < -0.4 is 5.32 Å². The van der Waals surface area contributed by atoms with Crippen molar-refractivity contribution in [2.75, 3.05) is 0 Å². The molecule has 0 aliphatic carbocycles. The van der Waals surface area contributed by atoms with Crippen LogP contribution in [0.3, 0.4) is 0 Å². The van der Waals surface area contributed by atoms with Crippen LogP contribution >= 0.6 is 0 Å². The molecule has 0 saturated carbocycles. The van der Waals surface area contributed by atoms with Crippen LogP contribution in [-0.4, -0.2) is 15.5 Å². The lowest BCUT2D eigenvalue weighted by molar-refractivity contribution is 0.0949. The summed E-state index contributed by atoms with van der Waals surface area (Å²) in [5.74, 6) is 1.39. The van der Waals surface area contributed by atoms with E-state index in [2.05, 4.69) is 29.8 Å². The highest BCUT2D eigenvalue weighted by Gasteiger charge is 2.13. The molecule has 0 unspecified atom stereocenters. The molecule has 0 radical (unpaired) electrons. The Labute approximate surface area is 142 Å². The number of carbonyl (C=O) groups excluding carboxylic acids is 1. The standard InChI is InChI=1S/C20H23N3O/c1-3-15(2)14-23-18-12-8-7-11-17(18)22-19(23)13-21-20(24)16-9-5-4-6-10-16/h4-12,15H,3,13-14H2,1-2H3,(H,21,24)/t15-/m0/s1. The number of hydrogen-bond acceptors (Lipinski definition) is 2. The Balaban J connectivity index is 1.83. The first-order chi connectivity index (χ1) is 11.7. The van der Waals surface area contributed by atoms with Gasteiger partial charge in [-0.1, -0.05) is 50.6 Å². The van der Waals surface area contributed by atoms with Crippen LogP contribution in [0.25, 0.3) is 11.0 Å². The number of aromatic nitrogens is 2. The number of benzene rings is 2. The topological polar surface area (TPSA) is 46.9 Å². The van der Waals surface area contributed by atoms with Crippen molar-refractivity contribution in [3.63, 3.8) is 0 Å². The summed E-state index contributed by atoms with van der Waals surface area (Å²) < 4.78 is 2.23. The molecular formula is C20H23N3O. The van der Waals surface area contributed by atoms with Crippen LogP contribution in [0.5, 0.6) is 0 Å². The number of rotatable bonds is 6. The Morgan fingerprint density at radius 3 is 2.58 bits per heavy atom. The van der Waals surface area contributed by atoms with E-state index in [1.54, 1.807) is 0 Å². The normalized spacial score (nSPS) is 12.2. The summed E-state index contributed by atoms with van der Waals surface area (Å²) in [5, 5.41) is 2.99. The summed E-state index contributed by atoms with van der Waals surface area (Å²) in [6, 6.07) is 17.4. The fourth-order valence-corrected chi connectivity index (χ4v) is 2.76. The molecule has 2 aromatic carbocycles. The molecular weight excluding hydrogens is 298 g/mol. The third-order valence-electron chi connectivity index (χ3n) is 4.37. The second-order valence-electron chi connectivity index (χ2n) is 6.19. The van der Waals surface area contributed by atoms with Crippen molar-refractivity contribution in [2.45, 2.75) is 33.4 Å². The number of fused-ring (bicyclic) bond motifs is 1. The molecule has 24 heavy (non-hydrogen) atoms. The van der Waals surface area contributed by atoms with E-state index in [0.717, 1.165) is 29.8 Å². The first-order valence-electron chi connectivity index (χ1n) is 8.46. The highest BCUT2D eigenvalue weighted by molar-refractivity contribution is 5.94. The van der Waals surface area contributed by atoms with Crippen molar-refractivity contribution >= 4 is 16.9 Å². The van der Waals surface area contributed by atoms with Gasteiger partial charge in [-0.3, -0.25) is 4.79 Å². The number of hydrogen-bond donors (Lipinski definition) is 1. The molecule has 0 fully saturated rings. The van der Waals surface area contributed by atoms with E-state index < -0.39 is 0 Å². The lowest BCUT2D eigenvalue weighted by Gasteiger charge is -2.14. The van der Waals surface area contributed by atoms with E-state index in [0.29, 0.717) is 18.0 Å². The van der Waals surface area contributed by atoms with Crippen LogP contribution in [0, 0.1) is 5.92 Å². The molecule has 0 aliphatic heterocycles. The molecule has 3 aromatic rings. The van der Waals surface area contributed by atoms with Crippen LogP contribution in [-0.2, 0) is 13.1 Å². The third kappa shape index (κ3) is 3.48. The molecule has 124 valence electrons. The highest BCUT2D eigenvalue weighted by Crippen LogP contribution is 2.19. The molecule has 4 nitrogen and oxygen atoms in total. The number of carbonyl (C=O) groups is 1. The Morgan fingerprint density at radius 2 is 1.83 bits per heavy atom. The van der Waals surface area contributed by atoms with Crippen LogP contribution in [0.1, 0.15) is 36.5 Å². The largest absolute Gasteiger partial charge is 0.345 e. The van der Waals surface area contributed by atoms with Gasteiger partial charge in [0.1, 0.15) is 5.82 Å². The van der Waals surface area contributed by atoms with Gasteiger partial charge in [-0.05, 0) is 30.2 Å². The summed E-state index contributed by atoms with van der Waals surface area (Å²) in [6.45, 7) is 5.77. The summed E-state index contributed by atoms with van der Waals surface area (Å²) in [7, 11) is 0. The minimum Gasteiger partial charge on any atom is -0.345 e. The van der Waals surface area contributed by atoms with Gasteiger partial charge >= 0.3 is 0 Å². The lowest BCUT2D eigenvalue weighted by Crippen LogP contribution is -2.25. The highest BCUT2D eigenvalue weighted by atomic mass is 16.1. The van der Waals surface area contributed by atoms with Crippen molar-refractivity contribution in [1.82, 2.24) is 14.9 Å². The van der Waals surface area contributed by atoms with Gasteiger partial charge in [-0.25, -0.2) is 4.98 Å². The van der Waals surface area contributed by atoms with Gasteiger partial charge in [0, 0.05) is 12.1 Å². The van der Waals surface area contributed by atoms with E-state index in [1.807, 2.05) is 48.5 Å². The Morgan fingerprint density at radius 1 is 1.12 bits per heavy atom. The molecule has 1 aromatic heterocycles. The zero-order chi connectivity index (χ0) is 16.9. The van der Waals surface area contributed by atoms with Gasteiger partial charge in [-0.15, -0.1) is 0 Å². The van der Waals surface area contributed by atoms with Gasteiger partial charge in [0.05, 0.1) is 17.6 Å². The fourth-order valence-electron chi connectivity index (χ4n) is 2.76. The molecule has 0 spiro atoms. The smallest absolute Gasteiger partial charge is 0.251 e. The number of nitrogens with zero attached hydrogens (tertiary/aromatic N) is 2. The maximum atomic E-state index is 12.3. The predicted molar refractivity (Wildman–Crippen MR) is 96.8 cm³/mol. The Hall–Kier alpha value is -2.62. The number of para-hydroxylation sites is 2. The van der Waals surface area contributed by atoms with E-state index in [9.17, 15) is 4.79 Å². The summed E-state index contributed by atoms with van der Waals surface area (Å²) in [6.07, 6.45) is 1.11. The molecule has 1 amide bonds. The molecule has 1 N–H and O–H groups in total. The SMILES string of the molecule is CC[C@H](C)Cn1c(CNC(=O)c2ccccc2)nc2ccccc21. The maximum Gasteiger partial charge on any atom is 0.251 e. The summed E-state index contributed by atoms with van der Waals surface area (Å²) in [5.41, 5.74) is 2.77. The van der Waals surface area contributed by atoms with Crippen molar-refractivity contribution in [3.8, 4) is 0 Å². The van der Waals surface area contributed by atoms with Crippen molar-refractivity contribution in [2.24, 2.45) is 5.92 Å². The molecule has 1 heterocycles. The number of nitrogens with one attached hydrogen (secondary N) is 1. The summed E-state index contributed by atoms with van der Waals surface area (Å²) >= 11 is 0. The van der Waals surface area contributed by atoms with E-state index >= 15 is 0 Å². The third-order valence-corrected chi connectivity index (χ3v) is 4.37. The lowest BCUT2D eigenvalue weighted by atomic mass is 10.1. The van der Waals surface area contributed by atoms with Crippen molar-refractivity contribution in [1.29, 1.82) is 0 Å². The molecule has 4 heteroatoms. The molecule has 0 bridgehead atoms. The Kier molecular flexibility index (Phi) is 4.94. The predicted octanol–water partition coefficient (Wildman–Crippen LogP) is 4.01. The maximum absolute atomic E-state index is 12.3. The number of imidazole rings is 1. The quantitative estimate of drug-likeness (QED) is 0.745. The second-order valence-corrected chi connectivity index (χ2v) is 6.19. The summed E-state index contributed by atoms with van der Waals surface area (Å²) in [4.78, 5) is 17.0. The first kappa shape index (κ1) is 16.2. The molecule has 1 atom stereocenters. The minimum atomic E-state index is -0.0715. The van der Waals surface area contributed by atoms with Crippen LogP contribution in [0.2, 0.25) is 0 Å². The first-order valence-corrected chi connectivity index (χ1v) is 8.46. The molecule has 3 rings (SSSR count). The van der Waals surface area contributed by atoms with E-state index in [1.165, 1.54) is 0 Å². The van der Waals surface area contributed by atoms with Crippen LogP contribution in [0.4, 0.5) is 0 Å². The zero-order valence-corrected chi connectivity index (χ0v) is 14.2. The Bertz CT molecular complexity index is 823. The monoisotopic (exact) mass is 321 g/mol. The van der Waals surface area contributed by atoms with Crippen molar-refractivity contribution < 1.29 is 4.79 Å². The zero-order valence-electron chi connectivity index (χ0n) is 14.2. The van der Waals surface area contributed by atoms with Gasteiger partial charge in [0.25, 0.3) is 5.91 Å². The molecule has 0 saturated heterocycles. The van der Waals surface area contributed by atoms with Gasteiger partial charge in [0.2, 0.25) is 0 Å². The number of amides is 1. The average Bonchev–Trinajstić information content (AvgIpc) is 2.98. The second kappa shape index (κ2) is 7.30.